The zero-order chi connectivity index (χ0) is 7.56. The highest BCUT2D eigenvalue weighted by Gasteiger charge is 2.26. The van der Waals surface area contributed by atoms with E-state index in [0.717, 1.165) is 0 Å². The molecule has 3 nitrogen and oxygen atoms in total. The second kappa shape index (κ2) is 3.03. The maximum atomic E-state index is 9.34. The largest absolute Gasteiger partial charge is 0.496 e. The molecule has 0 aliphatic carbocycles. The highest BCUT2D eigenvalue weighted by atomic mass is 16.5. The maximum Gasteiger partial charge on any atom is 0.124 e. The molecule has 1 heterocycles. The Morgan fingerprint density at radius 2 is 2.30 bits per heavy atom. The third-order valence-electron chi connectivity index (χ3n) is 1.65. The van der Waals surface area contributed by atoms with Gasteiger partial charge in [0.1, 0.15) is 18.3 Å². The Balaban J connectivity index is 2.57. The molecular formula is C7H12O3. The van der Waals surface area contributed by atoms with E-state index < -0.39 is 6.10 Å². The van der Waals surface area contributed by atoms with E-state index in [9.17, 15) is 5.11 Å². The van der Waals surface area contributed by atoms with Gasteiger partial charge < -0.3 is 14.6 Å². The Morgan fingerprint density at radius 1 is 1.60 bits per heavy atom. The Labute approximate surface area is 60.3 Å². The quantitative estimate of drug-likeness (QED) is 0.575. The van der Waals surface area contributed by atoms with Crippen molar-refractivity contribution in [1.29, 1.82) is 0 Å². The van der Waals surface area contributed by atoms with Gasteiger partial charge in [0.05, 0.1) is 6.26 Å². The summed E-state index contributed by atoms with van der Waals surface area (Å²) >= 11 is 0. The summed E-state index contributed by atoms with van der Waals surface area (Å²) in [5.41, 5.74) is 0. The minimum atomic E-state index is -0.546. The Kier molecular flexibility index (Phi) is 2.29. The summed E-state index contributed by atoms with van der Waals surface area (Å²) < 4.78 is 9.97. The van der Waals surface area contributed by atoms with E-state index in [1.807, 2.05) is 0 Å². The van der Waals surface area contributed by atoms with Gasteiger partial charge in [-0.25, -0.2) is 0 Å². The van der Waals surface area contributed by atoms with Gasteiger partial charge in [-0.3, -0.25) is 0 Å². The Bertz CT molecular complexity index is 133. The molecule has 0 aromatic heterocycles. The van der Waals surface area contributed by atoms with E-state index in [1.165, 1.54) is 0 Å². The number of aliphatic hydroxyl groups is 1. The molecule has 1 aliphatic rings. The molecule has 10 heavy (non-hydrogen) atoms. The lowest BCUT2D eigenvalue weighted by Crippen LogP contribution is -2.39. The zero-order valence-electron chi connectivity index (χ0n) is 6.15. The van der Waals surface area contributed by atoms with Gasteiger partial charge >= 0.3 is 0 Å². The van der Waals surface area contributed by atoms with Crippen LogP contribution < -0.4 is 0 Å². The SMILES string of the molecule is CO[C@@H]1C=CO[C@H](C)[C@H]1O. The summed E-state index contributed by atoms with van der Waals surface area (Å²) in [6, 6.07) is 0. The van der Waals surface area contributed by atoms with Crippen molar-refractivity contribution in [2.75, 3.05) is 7.11 Å². The van der Waals surface area contributed by atoms with Gasteiger partial charge in [0, 0.05) is 7.11 Å². The molecule has 58 valence electrons. The summed E-state index contributed by atoms with van der Waals surface area (Å²) in [6.07, 6.45) is 2.32. The van der Waals surface area contributed by atoms with Gasteiger partial charge in [0.2, 0.25) is 0 Å². The molecular weight excluding hydrogens is 132 g/mol. The maximum absolute atomic E-state index is 9.34. The van der Waals surface area contributed by atoms with Gasteiger partial charge in [-0.15, -0.1) is 0 Å². The molecule has 0 saturated carbocycles. The first-order valence-corrected chi connectivity index (χ1v) is 3.28. The number of rotatable bonds is 1. The number of aliphatic hydroxyl groups excluding tert-OH is 1. The second-order valence-corrected chi connectivity index (χ2v) is 2.36. The van der Waals surface area contributed by atoms with Gasteiger partial charge in [-0.2, -0.15) is 0 Å². The van der Waals surface area contributed by atoms with E-state index in [-0.39, 0.29) is 12.2 Å². The molecule has 0 spiro atoms. The lowest BCUT2D eigenvalue weighted by atomic mass is 10.1. The van der Waals surface area contributed by atoms with E-state index in [2.05, 4.69) is 0 Å². The van der Waals surface area contributed by atoms with Crippen molar-refractivity contribution in [3.05, 3.63) is 12.3 Å². The molecule has 0 unspecified atom stereocenters. The van der Waals surface area contributed by atoms with Crippen LogP contribution in [0.3, 0.4) is 0 Å². The van der Waals surface area contributed by atoms with Crippen LogP contribution in [0.15, 0.2) is 12.3 Å². The lowest BCUT2D eigenvalue weighted by molar-refractivity contribution is -0.0687. The molecule has 0 saturated heterocycles. The van der Waals surface area contributed by atoms with Crippen LogP contribution in [0.25, 0.3) is 0 Å². The fraction of sp³-hybridized carbons (Fsp3) is 0.714. The zero-order valence-corrected chi connectivity index (χ0v) is 6.15. The van der Waals surface area contributed by atoms with E-state index in [4.69, 9.17) is 9.47 Å². The monoisotopic (exact) mass is 144 g/mol. The predicted octanol–water partition coefficient (Wildman–Crippen LogP) is 0.295. The van der Waals surface area contributed by atoms with Crippen molar-refractivity contribution in [2.24, 2.45) is 0 Å². The van der Waals surface area contributed by atoms with Crippen LogP contribution in [0.4, 0.5) is 0 Å². The van der Waals surface area contributed by atoms with Crippen molar-refractivity contribution >= 4 is 0 Å². The summed E-state index contributed by atoms with van der Waals surface area (Å²) in [4.78, 5) is 0. The first kappa shape index (κ1) is 7.57. The highest BCUT2D eigenvalue weighted by molar-refractivity contribution is 4.96. The van der Waals surface area contributed by atoms with Crippen molar-refractivity contribution in [3.8, 4) is 0 Å². The van der Waals surface area contributed by atoms with Crippen molar-refractivity contribution in [1.82, 2.24) is 0 Å². The van der Waals surface area contributed by atoms with E-state index in [0.29, 0.717) is 0 Å². The molecule has 0 radical (unpaired) electrons. The van der Waals surface area contributed by atoms with Crippen molar-refractivity contribution in [2.45, 2.75) is 25.2 Å². The predicted molar refractivity (Wildman–Crippen MR) is 36.5 cm³/mol. The van der Waals surface area contributed by atoms with Crippen LogP contribution in [0.1, 0.15) is 6.92 Å². The van der Waals surface area contributed by atoms with Crippen LogP contribution in [0.2, 0.25) is 0 Å². The molecule has 1 rings (SSSR count). The third kappa shape index (κ3) is 1.30. The first-order chi connectivity index (χ1) is 4.75. The first-order valence-electron chi connectivity index (χ1n) is 3.28. The van der Waals surface area contributed by atoms with Crippen molar-refractivity contribution < 1.29 is 14.6 Å². The highest BCUT2D eigenvalue weighted by Crippen LogP contribution is 2.13. The summed E-state index contributed by atoms with van der Waals surface area (Å²) in [5.74, 6) is 0. The van der Waals surface area contributed by atoms with Crippen LogP contribution in [0.5, 0.6) is 0 Å². The topological polar surface area (TPSA) is 38.7 Å². The van der Waals surface area contributed by atoms with Crippen LogP contribution in [-0.4, -0.2) is 30.5 Å². The van der Waals surface area contributed by atoms with Gasteiger partial charge in [0.15, 0.2) is 0 Å². The number of hydrogen-bond donors (Lipinski definition) is 1. The summed E-state index contributed by atoms with van der Waals surface area (Å²) in [6.45, 7) is 1.81. The summed E-state index contributed by atoms with van der Waals surface area (Å²) in [7, 11) is 1.57. The number of hydrogen-bond acceptors (Lipinski definition) is 3. The molecule has 0 aromatic carbocycles. The Hall–Kier alpha value is -0.540. The summed E-state index contributed by atoms with van der Waals surface area (Å²) in [5, 5.41) is 9.34. The minimum absolute atomic E-state index is 0.171. The van der Waals surface area contributed by atoms with E-state index in [1.54, 1.807) is 26.4 Å². The fourth-order valence-corrected chi connectivity index (χ4v) is 0.926. The number of ether oxygens (including phenoxy) is 2. The van der Waals surface area contributed by atoms with Crippen LogP contribution in [0, 0.1) is 0 Å². The molecule has 1 aliphatic heterocycles. The Morgan fingerprint density at radius 3 is 2.80 bits per heavy atom. The third-order valence-corrected chi connectivity index (χ3v) is 1.65. The molecule has 3 heteroatoms. The molecule has 0 fully saturated rings. The smallest absolute Gasteiger partial charge is 0.124 e. The second-order valence-electron chi connectivity index (χ2n) is 2.36. The standard InChI is InChI=1S/C7H12O3/c1-5-7(8)6(9-2)3-4-10-5/h3-8H,1-2H3/t5-,6-,7-/m1/s1. The fourth-order valence-electron chi connectivity index (χ4n) is 0.926. The number of methoxy groups -OCH3 is 1. The average Bonchev–Trinajstić information content (AvgIpc) is 1.95. The minimum Gasteiger partial charge on any atom is -0.496 e. The molecule has 3 atom stereocenters. The molecule has 1 N–H and O–H groups in total. The average molecular weight is 144 g/mol. The molecule has 0 amide bonds. The van der Waals surface area contributed by atoms with Gasteiger partial charge in [-0.05, 0) is 13.0 Å². The lowest BCUT2D eigenvalue weighted by Gasteiger charge is -2.27. The van der Waals surface area contributed by atoms with Gasteiger partial charge in [-0.1, -0.05) is 0 Å². The van der Waals surface area contributed by atoms with Crippen molar-refractivity contribution in [3.63, 3.8) is 0 Å². The normalized spacial score (nSPS) is 39.3. The molecule has 0 aromatic rings. The molecule has 0 bridgehead atoms. The van der Waals surface area contributed by atoms with Crippen LogP contribution >= 0.6 is 0 Å². The van der Waals surface area contributed by atoms with Gasteiger partial charge in [0.25, 0.3) is 0 Å². The van der Waals surface area contributed by atoms with E-state index >= 15 is 0 Å². The van der Waals surface area contributed by atoms with Crippen LogP contribution in [-0.2, 0) is 9.47 Å².